The smallest absolute Gasteiger partial charge is 0.340 e. The average Bonchev–Trinajstić information content (AvgIpc) is 3.05. The van der Waals surface area contributed by atoms with Crippen LogP contribution in [0.5, 0.6) is 0 Å². The highest BCUT2D eigenvalue weighted by molar-refractivity contribution is 6.00. The maximum atomic E-state index is 13.2. The third-order valence-electron chi connectivity index (χ3n) is 5.45. The number of ether oxygens (including phenoxy) is 1. The molecule has 1 saturated heterocycles. The molecule has 2 N–H and O–H groups in total. The van der Waals surface area contributed by atoms with Crippen LogP contribution in [0.1, 0.15) is 64.5 Å². The van der Waals surface area contributed by atoms with Crippen molar-refractivity contribution >= 4 is 17.8 Å². The van der Waals surface area contributed by atoms with E-state index in [0.29, 0.717) is 42.1 Å². The number of aromatic amines is 1. The van der Waals surface area contributed by atoms with Crippen LogP contribution in [-0.2, 0) is 16.1 Å². The number of H-pyrrole nitrogens is 1. The quantitative estimate of drug-likeness (QED) is 0.691. The van der Waals surface area contributed by atoms with Crippen LogP contribution in [0.25, 0.3) is 0 Å². The summed E-state index contributed by atoms with van der Waals surface area (Å²) in [5.41, 5.74) is 2.75. The van der Waals surface area contributed by atoms with Gasteiger partial charge in [0.15, 0.2) is 0 Å². The third kappa shape index (κ3) is 5.31. The van der Waals surface area contributed by atoms with E-state index in [1.807, 2.05) is 18.2 Å². The number of piperidine rings is 1. The van der Waals surface area contributed by atoms with Crippen molar-refractivity contribution in [2.45, 2.75) is 53.2 Å². The zero-order valence-electron chi connectivity index (χ0n) is 18.5. The zero-order valence-corrected chi connectivity index (χ0v) is 18.5. The molecule has 166 valence electrons. The summed E-state index contributed by atoms with van der Waals surface area (Å²) in [4.78, 5) is 47.2. The van der Waals surface area contributed by atoms with Crippen LogP contribution >= 0.6 is 0 Å². The normalized spacial score (nSPS) is 16.3. The van der Waals surface area contributed by atoms with Crippen molar-refractivity contribution in [3.8, 4) is 0 Å². The summed E-state index contributed by atoms with van der Waals surface area (Å²) in [6.45, 7) is 8.35. The number of aromatic nitrogens is 2. The molecule has 31 heavy (non-hydrogen) atoms. The summed E-state index contributed by atoms with van der Waals surface area (Å²) in [5, 5.41) is 2.92. The minimum absolute atomic E-state index is 0.0799. The number of likely N-dealkylation sites (tertiary alicyclic amines) is 1. The second-order valence-electron chi connectivity index (χ2n) is 8.21. The molecule has 0 saturated carbocycles. The van der Waals surface area contributed by atoms with E-state index in [9.17, 15) is 14.4 Å². The number of nitrogens with zero attached hydrogens (tertiary/aromatic N) is 2. The lowest BCUT2D eigenvalue weighted by molar-refractivity contribution is -0.126. The highest BCUT2D eigenvalue weighted by Crippen LogP contribution is 2.24. The van der Waals surface area contributed by atoms with Gasteiger partial charge in [0.1, 0.15) is 5.69 Å². The van der Waals surface area contributed by atoms with Crippen LogP contribution < -0.4 is 5.32 Å². The van der Waals surface area contributed by atoms with Crippen molar-refractivity contribution < 1.29 is 19.1 Å². The molecule has 8 nitrogen and oxygen atoms in total. The number of carbonyl (C=O) groups excluding carboxylic acids is 3. The molecule has 2 aromatic rings. The summed E-state index contributed by atoms with van der Waals surface area (Å²) in [5.74, 6) is -0.996. The molecule has 1 aliphatic rings. The number of rotatable bonds is 6. The van der Waals surface area contributed by atoms with E-state index in [1.54, 1.807) is 38.8 Å². The summed E-state index contributed by atoms with van der Waals surface area (Å²) in [6.07, 6.45) is 2.92. The predicted octanol–water partition coefficient (Wildman–Crippen LogP) is 2.76. The Morgan fingerprint density at radius 2 is 2.06 bits per heavy atom. The summed E-state index contributed by atoms with van der Waals surface area (Å²) in [7, 11) is 0. The Kier molecular flexibility index (Phi) is 7.09. The molecule has 2 aromatic heterocycles. The number of pyridine rings is 1. The van der Waals surface area contributed by atoms with Gasteiger partial charge in [-0.1, -0.05) is 6.07 Å². The fraction of sp³-hybridized carbons (Fsp3) is 0.478. The fourth-order valence-electron chi connectivity index (χ4n) is 3.90. The number of hydrogen-bond acceptors (Lipinski definition) is 5. The van der Waals surface area contributed by atoms with E-state index >= 15 is 0 Å². The van der Waals surface area contributed by atoms with Crippen molar-refractivity contribution in [2.75, 3.05) is 13.1 Å². The number of amides is 2. The first-order chi connectivity index (χ1) is 14.8. The summed E-state index contributed by atoms with van der Waals surface area (Å²) < 4.78 is 5.31. The number of nitrogens with one attached hydrogen (secondary N) is 2. The molecule has 0 spiro atoms. The van der Waals surface area contributed by atoms with Gasteiger partial charge in [0, 0.05) is 25.0 Å². The summed E-state index contributed by atoms with van der Waals surface area (Å²) in [6, 6.07) is 5.56. The van der Waals surface area contributed by atoms with Crippen molar-refractivity contribution in [1.82, 2.24) is 20.2 Å². The molecule has 0 bridgehead atoms. The van der Waals surface area contributed by atoms with E-state index in [4.69, 9.17) is 4.74 Å². The van der Waals surface area contributed by atoms with Crippen LogP contribution in [0.4, 0.5) is 0 Å². The molecule has 0 unspecified atom stereocenters. The van der Waals surface area contributed by atoms with E-state index in [0.717, 1.165) is 18.5 Å². The zero-order chi connectivity index (χ0) is 22.5. The topological polar surface area (TPSA) is 104 Å². The molecule has 1 aliphatic heterocycles. The lowest BCUT2D eigenvalue weighted by Crippen LogP contribution is -2.45. The van der Waals surface area contributed by atoms with Gasteiger partial charge in [0.05, 0.1) is 29.8 Å². The first kappa shape index (κ1) is 22.5. The average molecular weight is 427 g/mol. The van der Waals surface area contributed by atoms with Crippen LogP contribution in [0, 0.1) is 19.8 Å². The standard InChI is InChI=1S/C23H30N4O4/c1-14(2)31-23(30)19-15(3)20(26-16(19)4)22(29)27-11-7-8-17(13-27)21(28)25-12-18-9-5-6-10-24-18/h5-6,9-10,14,17,26H,7-8,11-13H2,1-4H3,(H,25,28)/t17-/m1/s1. The maximum Gasteiger partial charge on any atom is 0.340 e. The monoisotopic (exact) mass is 426 g/mol. The first-order valence-electron chi connectivity index (χ1n) is 10.6. The van der Waals surface area contributed by atoms with E-state index < -0.39 is 5.97 Å². The Bertz CT molecular complexity index is 952. The van der Waals surface area contributed by atoms with Gasteiger partial charge in [-0.15, -0.1) is 0 Å². The molecule has 2 amide bonds. The molecule has 3 heterocycles. The van der Waals surface area contributed by atoms with Gasteiger partial charge >= 0.3 is 5.97 Å². The van der Waals surface area contributed by atoms with E-state index in [-0.39, 0.29) is 23.8 Å². The van der Waals surface area contributed by atoms with Crippen molar-refractivity contribution in [2.24, 2.45) is 5.92 Å². The van der Waals surface area contributed by atoms with Gasteiger partial charge in [-0.05, 0) is 58.2 Å². The Hall–Kier alpha value is -3.16. The first-order valence-corrected chi connectivity index (χ1v) is 10.6. The largest absolute Gasteiger partial charge is 0.459 e. The SMILES string of the molecule is Cc1[nH]c(C(=O)N2CCC[C@@H](C(=O)NCc3ccccn3)C2)c(C)c1C(=O)OC(C)C. The van der Waals surface area contributed by atoms with E-state index in [2.05, 4.69) is 15.3 Å². The van der Waals surface area contributed by atoms with Gasteiger partial charge in [-0.25, -0.2) is 4.79 Å². The molecule has 0 radical (unpaired) electrons. The van der Waals surface area contributed by atoms with Crippen LogP contribution in [0.15, 0.2) is 24.4 Å². The van der Waals surface area contributed by atoms with Gasteiger partial charge in [-0.2, -0.15) is 0 Å². The Balaban J connectivity index is 1.67. The minimum atomic E-state index is -0.439. The molecular formula is C23H30N4O4. The molecule has 1 fully saturated rings. The second-order valence-corrected chi connectivity index (χ2v) is 8.21. The Morgan fingerprint density at radius 3 is 2.74 bits per heavy atom. The molecule has 1 atom stereocenters. The highest BCUT2D eigenvalue weighted by atomic mass is 16.5. The van der Waals surface area contributed by atoms with Crippen molar-refractivity contribution in [3.63, 3.8) is 0 Å². The third-order valence-corrected chi connectivity index (χ3v) is 5.45. The lowest BCUT2D eigenvalue weighted by atomic mass is 9.96. The predicted molar refractivity (Wildman–Crippen MR) is 116 cm³/mol. The van der Waals surface area contributed by atoms with Gasteiger partial charge in [-0.3, -0.25) is 14.6 Å². The fourth-order valence-corrected chi connectivity index (χ4v) is 3.90. The molecule has 3 rings (SSSR count). The van der Waals surface area contributed by atoms with Crippen LogP contribution in [-0.4, -0.2) is 51.8 Å². The number of esters is 1. The van der Waals surface area contributed by atoms with Gasteiger partial charge < -0.3 is 19.9 Å². The second kappa shape index (κ2) is 9.76. The van der Waals surface area contributed by atoms with Crippen molar-refractivity contribution in [1.29, 1.82) is 0 Å². The van der Waals surface area contributed by atoms with Gasteiger partial charge in [0.25, 0.3) is 5.91 Å². The molecular weight excluding hydrogens is 396 g/mol. The molecule has 8 heteroatoms. The molecule has 0 aromatic carbocycles. The lowest BCUT2D eigenvalue weighted by Gasteiger charge is -2.32. The minimum Gasteiger partial charge on any atom is -0.459 e. The maximum absolute atomic E-state index is 13.2. The van der Waals surface area contributed by atoms with Crippen LogP contribution in [0.2, 0.25) is 0 Å². The Morgan fingerprint density at radius 1 is 1.29 bits per heavy atom. The number of aryl methyl sites for hydroxylation is 1. The summed E-state index contributed by atoms with van der Waals surface area (Å²) >= 11 is 0. The van der Waals surface area contributed by atoms with Crippen LogP contribution in [0.3, 0.4) is 0 Å². The highest BCUT2D eigenvalue weighted by Gasteiger charge is 2.32. The number of hydrogen-bond donors (Lipinski definition) is 2. The molecule has 0 aliphatic carbocycles. The van der Waals surface area contributed by atoms with Crippen molar-refractivity contribution in [3.05, 3.63) is 52.6 Å². The Labute approximate surface area is 182 Å². The van der Waals surface area contributed by atoms with E-state index in [1.165, 1.54) is 0 Å². The van der Waals surface area contributed by atoms with Gasteiger partial charge in [0.2, 0.25) is 5.91 Å². The number of carbonyl (C=O) groups is 3.